The van der Waals surface area contributed by atoms with E-state index in [1.165, 1.54) is 58.2 Å². The Hall–Kier alpha value is -0.610. The van der Waals surface area contributed by atoms with Gasteiger partial charge in [0.1, 0.15) is 0 Å². The molecule has 1 aliphatic carbocycles. The third-order valence-corrected chi connectivity index (χ3v) is 7.70. The van der Waals surface area contributed by atoms with E-state index >= 15 is 0 Å². The summed E-state index contributed by atoms with van der Waals surface area (Å²) in [6, 6.07) is 0. The molecule has 1 amide bonds. The molecule has 2 aliphatic heterocycles. The normalized spacial score (nSPS) is 29.2. The maximum Gasteiger partial charge on any atom is 0.225 e. The highest BCUT2D eigenvalue weighted by Gasteiger charge is 2.30. The largest absolute Gasteiger partial charge is 0.340 e. The molecule has 0 aromatic rings. The highest BCUT2D eigenvalue weighted by atomic mass is 16.2. The topological polar surface area (TPSA) is 26.8 Å². The van der Waals surface area contributed by atoms with Gasteiger partial charge in [-0.15, -0.1) is 0 Å². The number of nitrogens with zero attached hydrogens (tertiary/aromatic N) is 3. The minimum atomic E-state index is 0.321. The van der Waals surface area contributed by atoms with Gasteiger partial charge in [0.25, 0.3) is 0 Å². The minimum absolute atomic E-state index is 0.321. The zero-order valence-electron chi connectivity index (χ0n) is 19.1. The third kappa shape index (κ3) is 6.19. The van der Waals surface area contributed by atoms with Gasteiger partial charge >= 0.3 is 0 Å². The lowest BCUT2D eigenvalue weighted by Gasteiger charge is -2.41. The monoisotopic (exact) mass is 391 g/mol. The highest BCUT2D eigenvalue weighted by molar-refractivity contribution is 5.79. The molecule has 0 aromatic heterocycles. The first-order valence-electron chi connectivity index (χ1n) is 12.1. The molecule has 0 atom stereocenters. The molecular formula is C24H45N3O. The van der Waals surface area contributed by atoms with Crippen LogP contribution < -0.4 is 0 Å². The van der Waals surface area contributed by atoms with Crippen LogP contribution in [0.2, 0.25) is 0 Å². The van der Waals surface area contributed by atoms with Gasteiger partial charge in [-0.2, -0.15) is 0 Å². The van der Waals surface area contributed by atoms with Crippen LogP contribution in [0.5, 0.6) is 0 Å². The molecule has 28 heavy (non-hydrogen) atoms. The van der Waals surface area contributed by atoms with E-state index in [-0.39, 0.29) is 0 Å². The van der Waals surface area contributed by atoms with Crippen molar-refractivity contribution in [2.24, 2.45) is 17.8 Å². The summed E-state index contributed by atoms with van der Waals surface area (Å²) in [6.07, 6.45) is 10.2. The van der Waals surface area contributed by atoms with Crippen molar-refractivity contribution in [3.05, 3.63) is 0 Å². The Morgan fingerprint density at radius 1 is 0.857 bits per heavy atom. The summed E-state index contributed by atoms with van der Waals surface area (Å²) < 4.78 is 0. The van der Waals surface area contributed by atoms with Gasteiger partial charge in [-0.3, -0.25) is 14.6 Å². The summed E-state index contributed by atoms with van der Waals surface area (Å²) in [5.41, 5.74) is 0.331. The van der Waals surface area contributed by atoms with E-state index in [9.17, 15) is 4.79 Å². The summed E-state index contributed by atoms with van der Waals surface area (Å²) in [4.78, 5) is 20.2. The van der Waals surface area contributed by atoms with E-state index in [2.05, 4.69) is 42.4 Å². The molecule has 4 heteroatoms. The standard InChI is InChI=1S/C24H45N3O/c1-20-7-9-22(10-8-20)23(28)26-18-16-25(17-19-26)13-5-6-21-11-14-27(15-12-21)24(2,3)4/h20-22H,5-19H2,1-4H3. The first kappa shape index (κ1) is 22.1. The van der Waals surface area contributed by atoms with Gasteiger partial charge in [-0.25, -0.2) is 0 Å². The summed E-state index contributed by atoms with van der Waals surface area (Å²) >= 11 is 0. The smallest absolute Gasteiger partial charge is 0.225 e. The van der Waals surface area contributed by atoms with Gasteiger partial charge in [0, 0.05) is 37.6 Å². The molecule has 0 bridgehead atoms. The van der Waals surface area contributed by atoms with Crippen LogP contribution in [0.3, 0.4) is 0 Å². The Kier molecular flexibility index (Phi) is 7.83. The van der Waals surface area contributed by atoms with Gasteiger partial charge in [0.2, 0.25) is 5.91 Å². The molecule has 0 aromatic carbocycles. The van der Waals surface area contributed by atoms with Crippen LogP contribution in [0.15, 0.2) is 0 Å². The second kappa shape index (κ2) is 9.93. The zero-order chi connectivity index (χ0) is 20.1. The van der Waals surface area contributed by atoms with E-state index in [1.807, 2.05) is 0 Å². The lowest BCUT2D eigenvalue weighted by atomic mass is 9.82. The molecule has 0 unspecified atom stereocenters. The quantitative estimate of drug-likeness (QED) is 0.701. The molecule has 2 saturated heterocycles. The van der Waals surface area contributed by atoms with Crippen molar-refractivity contribution in [1.29, 1.82) is 0 Å². The fraction of sp³-hybridized carbons (Fsp3) is 0.958. The Labute approximate surface area is 174 Å². The van der Waals surface area contributed by atoms with Crippen molar-refractivity contribution >= 4 is 5.91 Å². The summed E-state index contributed by atoms with van der Waals surface area (Å²) in [7, 11) is 0. The van der Waals surface area contributed by atoms with Gasteiger partial charge in [0.15, 0.2) is 0 Å². The zero-order valence-corrected chi connectivity index (χ0v) is 19.1. The van der Waals surface area contributed by atoms with Crippen LogP contribution >= 0.6 is 0 Å². The summed E-state index contributed by atoms with van der Waals surface area (Å²) in [6.45, 7) is 17.2. The average Bonchev–Trinajstić information content (AvgIpc) is 2.68. The molecule has 0 radical (unpaired) electrons. The predicted molar refractivity (Wildman–Crippen MR) is 117 cm³/mol. The lowest BCUT2D eigenvalue weighted by molar-refractivity contribution is -0.138. The van der Waals surface area contributed by atoms with Crippen molar-refractivity contribution in [2.75, 3.05) is 45.8 Å². The predicted octanol–water partition coefficient (Wildman–Crippen LogP) is 4.25. The molecule has 3 rings (SSSR count). The molecule has 3 fully saturated rings. The van der Waals surface area contributed by atoms with Crippen molar-refractivity contribution in [3.8, 4) is 0 Å². The number of rotatable bonds is 5. The molecule has 3 aliphatic rings. The summed E-state index contributed by atoms with van der Waals surface area (Å²) in [5, 5.41) is 0. The Balaban J connectivity index is 1.28. The van der Waals surface area contributed by atoms with E-state index in [1.54, 1.807) is 0 Å². The van der Waals surface area contributed by atoms with Gasteiger partial charge in [0.05, 0.1) is 0 Å². The molecule has 4 nitrogen and oxygen atoms in total. The number of hydrogen-bond donors (Lipinski definition) is 0. The fourth-order valence-corrected chi connectivity index (χ4v) is 5.45. The van der Waals surface area contributed by atoms with Crippen LogP contribution in [-0.2, 0) is 4.79 Å². The first-order valence-corrected chi connectivity index (χ1v) is 12.1. The molecule has 162 valence electrons. The first-order chi connectivity index (χ1) is 13.3. The third-order valence-electron chi connectivity index (χ3n) is 7.70. The number of likely N-dealkylation sites (tertiary alicyclic amines) is 1. The second-order valence-electron chi connectivity index (χ2n) is 10.9. The minimum Gasteiger partial charge on any atom is -0.340 e. The van der Waals surface area contributed by atoms with Crippen LogP contribution in [0, 0.1) is 17.8 Å². The van der Waals surface area contributed by atoms with E-state index < -0.39 is 0 Å². The van der Waals surface area contributed by atoms with E-state index in [0.717, 1.165) is 50.9 Å². The maximum atomic E-state index is 12.8. The van der Waals surface area contributed by atoms with Gasteiger partial charge in [-0.05, 0) is 104 Å². The average molecular weight is 392 g/mol. The van der Waals surface area contributed by atoms with Crippen LogP contribution in [-0.4, -0.2) is 72.0 Å². The number of piperazine rings is 1. The fourth-order valence-electron chi connectivity index (χ4n) is 5.45. The molecule has 0 spiro atoms. The number of amides is 1. The number of carbonyl (C=O) groups is 1. The van der Waals surface area contributed by atoms with Gasteiger partial charge in [-0.1, -0.05) is 6.92 Å². The Morgan fingerprint density at radius 2 is 1.46 bits per heavy atom. The Bertz CT molecular complexity index is 477. The lowest BCUT2D eigenvalue weighted by Crippen LogP contribution is -2.50. The Morgan fingerprint density at radius 3 is 2.04 bits per heavy atom. The number of piperidine rings is 1. The number of carbonyl (C=O) groups excluding carboxylic acids is 1. The van der Waals surface area contributed by atoms with Crippen molar-refractivity contribution in [1.82, 2.24) is 14.7 Å². The van der Waals surface area contributed by atoms with Crippen LogP contribution in [0.25, 0.3) is 0 Å². The van der Waals surface area contributed by atoms with Crippen molar-refractivity contribution in [2.45, 2.75) is 84.6 Å². The van der Waals surface area contributed by atoms with Gasteiger partial charge < -0.3 is 4.90 Å². The molecule has 1 saturated carbocycles. The number of hydrogen-bond acceptors (Lipinski definition) is 3. The highest BCUT2D eigenvalue weighted by Crippen LogP contribution is 2.30. The SMILES string of the molecule is CC1CCC(C(=O)N2CCN(CCCC3CCN(C(C)(C)C)CC3)CC2)CC1. The molecule has 0 N–H and O–H groups in total. The summed E-state index contributed by atoms with van der Waals surface area (Å²) in [5.74, 6) is 2.52. The molecule has 2 heterocycles. The maximum absolute atomic E-state index is 12.8. The van der Waals surface area contributed by atoms with E-state index in [0.29, 0.717) is 17.4 Å². The van der Waals surface area contributed by atoms with Crippen molar-refractivity contribution in [3.63, 3.8) is 0 Å². The van der Waals surface area contributed by atoms with Crippen LogP contribution in [0.4, 0.5) is 0 Å². The van der Waals surface area contributed by atoms with E-state index in [4.69, 9.17) is 0 Å². The van der Waals surface area contributed by atoms with Crippen LogP contribution in [0.1, 0.15) is 79.1 Å². The second-order valence-corrected chi connectivity index (χ2v) is 10.9. The van der Waals surface area contributed by atoms with Crippen molar-refractivity contribution < 1.29 is 4.79 Å². The molecular weight excluding hydrogens is 346 g/mol.